The van der Waals surface area contributed by atoms with E-state index in [9.17, 15) is 4.79 Å². The molecule has 0 bridgehead atoms. The quantitative estimate of drug-likeness (QED) is 0.278. The fraction of sp³-hybridized carbons (Fsp3) is 0.667. The first-order chi connectivity index (χ1) is 7.91. The number of allylic oxidation sites excluding steroid dienone is 4. The monoisotopic (exact) mass is 222 g/mol. The van der Waals surface area contributed by atoms with E-state index in [1.165, 1.54) is 38.5 Å². The smallest absolute Gasteiger partial charge is 0.120 e. The van der Waals surface area contributed by atoms with Crippen molar-refractivity contribution in [2.24, 2.45) is 0 Å². The summed E-state index contributed by atoms with van der Waals surface area (Å²) < 4.78 is 0. The SMILES string of the molecule is CCCCC=CCCCC=CCCCC=O. The Kier molecular flexibility index (Phi) is 13.4. The van der Waals surface area contributed by atoms with E-state index in [0.29, 0.717) is 6.42 Å². The summed E-state index contributed by atoms with van der Waals surface area (Å²) in [6.07, 6.45) is 20.2. The van der Waals surface area contributed by atoms with Crippen molar-refractivity contribution >= 4 is 6.29 Å². The van der Waals surface area contributed by atoms with Crippen molar-refractivity contribution in [1.29, 1.82) is 0 Å². The van der Waals surface area contributed by atoms with Crippen molar-refractivity contribution in [3.8, 4) is 0 Å². The molecule has 0 aromatic rings. The normalized spacial score (nSPS) is 11.6. The lowest BCUT2D eigenvalue weighted by atomic mass is 10.1. The summed E-state index contributed by atoms with van der Waals surface area (Å²) in [5, 5.41) is 0. The van der Waals surface area contributed by atoms with Gasteiger partial charge in [0.2, 0.25) is 0 Å². The third-order valence-corrected chi connectivity index (χ3v) is 2.49. The Morgan fingerprint density at radius 1 is 0.688 bits per heavy atom. The van der Waals surface area contributed by atoms with E-state index in [2.05, 4.69) is 31.2 Å². The van der Waals surface area contributed by atoms with E-state index in [1.807, 2.05) is 0 Å². The van der Waals surface area contributed by atoms with Crippen molar-refractivity contribution in [1.82, 2.24) is 0 Å². The second-order valence-corrected chi connectivity index (χ2v) is 4.11. The molecular weight excluding hydrogens is 196 g/mol. The highest BCUT2D eigenvalue weighted by Gasteiger charge is 1.83. The first-order valence-electron chi connectivity index (χ1n) is 6.65. The minimum Gasteiger partial charge on any atom is -0.303 e. The summed E-state index contributed by atoms with van der Waals surface area (Å²) in [5.74, 6) is 0. The molecule has 1 heteroatoms. The first-order valence-corrected chi connectivity index (χ1v) is 6.65. The number of aldehydes is 1. The molecule has 0 aliphatic rings. The van der Waals surface area contributed by atoms with Crippen molar-refractivity contribution < 1.29 is 4.79 Å². The van der Waals surface area contributed by atoms with E-state index in [1.54, 1.807) is 0 Å². The molecular formula is C15H26O. The zero-order chi connectivity index (χ0) is 11.9. The van der Waals surface area contributed by atoms with Crippen molar-refractivity contribution in [3.05, 3.63) is 24.3 Å². The lowest BCUT2D eigenvalue weighted by Crippen LogP contribution is -1.74. The first kappa shape index (κ1) is 15.2. The fourth-order valence-corrected chi connectivity index (χ4v) is 1.47. The standard InChI is InChI=1S/C15H26O/c1-2-3-4-5-6-7-8-9-10-11-12-13-14-15-16/h5-6,10-11,15H,2-4,7-9,12-14H2,1H3. The molecule has 0 fully saturated rings. The molecule has 0 unspecified atom stereocenters. The summed E-state index contributed by atoms with van der Waals surface area (Å²) in [6, 6.07) is 0. The molecule has 16 heavy (non-hydrogen) atoms. The number of hydrogen-bond donors (Lipinski definition) is 0. The van der Waals surface area contributed by atoms with Crippen LogP contribution in [0.3, 0.4) is 0 Å². The second-order valence-electron chi connectivity index (χ2n) is 4.11. The lowest BCUT2D eigenvalue weighted by molar-refractivity contribution is -0.107. The Bertz CT molecular complexity index is 192. The Balaban J connectivity index is 3.13. The number of carbonyl (C=O) groups excluding carboxylic acids is 1. The zero-order valence-electron chi connectivity index (χ0n) is 10.7. The van der Waals surface area contributed by atoms with Crippen molar-refractivity contribution in [2.75, 3.05) is 0 Å². The molecule has 1 nitrogen and oxygen atoms in total. The van der Waals surface area contributed by atoms with Crippen LogP contribution in [0.5, 0.6) is 0 Å². The molecule has 0 atom stereocenters. The van der Waals surface area contributed by atoms with Crippen LogP contribution in [-0.4, -0.2) is 6.29 Å². The topological polar surface area (TPSA) is 17.1 Å². The van der Waals surface area contributed by atoms with Gasteiger partial charge in [0, 0.05) is 6.42 Å². The lowest BCUT2D eigenvalue weighted by Gasteiger charge is -1.92. The molecule has 0 aliphatic heterocycles. The Morgan fingerprint density at radius 3 is 1.56 bits per heavy atom. The van der Waals surface area contributed by atoms with Crippen LogP contribution in [-0.2, 0) is 4.79 Å². The van der Waals surface area contributed by atoms with Crippen LogP contribution in [0.2, 0.25) is 0 Å². The van der Waals surface area contributed by atoms with Crippen molar-refractivity contribution in [2.45, 2.75) is 64.7 Å². The summed E-state index contributed by atoms with van der Waals surface area (Å²) in [6.45, 7) is 2.23. The van der Waals surface area contributed by atoms with E-state index in [-0.39, 0.29) is 0 Å². The third kappa shape index (κ3) is 13.2. The molecule has 0 aliphatic carbocycles. The van der Waals surface area contributed by atoms with E-state index in [4.69, 9.17) is 0 Å². The van der Waals surface area contributed by atoms with Crippen LogP contribution in [0, 0.1) is 0 Å². The molecule has 0 saturated heterocycles. The zero-order valence-corrected chi connectivity index (χ0v) is 10.7. The van der Waals surface area contributed by atoms with Crippen LogP contribution in [0.15, 0.2) is 24.3 Å². The molecule has 0 N–H and O–H groups in total. The molecule has 0 amide bonds. The van der Waals surface area contributed by atoms with Crippen LogP contribution in [0.4, 0.5) is 0 Å². The largest absolute Gasteiger partial charge is 0.303 e. The summed E-state index contributed by atoms with van der Waals surface area (Å²) >= 11 is 0. The Labute approximate surface area is 101 Å². The maximum absolute atomic E-state index is 10.1. The van der Waals surface area contributed by atoms with Gasteiger partial charge < -0.3 is 4.79 Å². The van der Waals surface area contributed by atoms with Crippen molar-refractivity contribution in [3.63, 3.8) is 0 Å². The van der Waals surface area contributed by atoms with Crippen LogP contribution < -0.4 is 0 Å². The molecule has 0 spiro atoms. The maximum Gasteiger partial charge on any atom is 0.120 e. The molecule has 0 radical (unpaired) electrons. The Hall–Kier alpha value is -0.850. The third-order valence-electron chi connectivity index (χ3n) is 2.49. The Morgan fingerprint density at radius 2 is 1.12 bits per heavy atom. The highest BCUT2D eigenvalue weighted by atomic mass is 16.1. The van der Waals surface area contributed by atoms with Gasteiger partial charge in [-0.1, -0.05) is 44.1 Å². The summed E-state index contributed by atoms with van der Waals surface area (Å²) in [7, 11) is 0. The highest BCUT2D eigenvalue weighted by Crippen LogP contribution is 2.02. The van der Waals surface area contributed by atoms with Gasteiger partial charge >= 0.3 is 0 Å². The van der Waals surface area contributed by atoms with Gasteiger partial charge in [-0.2, -0.15) is 0 Å². The minimum atomic E-state index is 0.699. The average Bonchev–Trinajstić information content (AvgIpc) is 2.31. The van der Waals surface area contributed by atoms with Crippen LogP contribution in [0.1, 0.15) is 64.7 Å². The van der Waals surface area contributed by atoms with E-state index in [0.717, 1.165) is 19.1 Å². The molecule has 0 aromatic carbocycles. The number of hydrogen-bond acceptors (Lipinski definition) is 1. The number of carbonyl (C=O) groups is 1. The highest BCUT2D eigenvalue weighted by molar-refractivity contribution is 5.48. The van der Waals surface area contributed by atoms with Gasteiger partial charge in [0.15, 0.2) is 0 Å². The van der Waals surface area contributed by atoms with E-state index < -0.39 is 0 Å². The fourth-order valence-electron chi connectivity index (χ4n) is 1.47. The molecule has 92 valence electrons. The molecule has 0 rings (SSSR count). The van der Waals surface area contributed by atoms with Gasteiger partial charge in [0.25, 0.3) is 0 Å². The van der Waals surface area contributed by atoms with Gasteiger partial charge in [-0.05, 0) is 38.5 Å². The second kappa shape index (κ2) is 14.2. The van der Waals surface area contributed by atoms with Gasteiger partial charge in [0.05, 0.1) is 0 Å². The number of unbranched alkanes of at least 4 members (excludes halogenated alkanes) is 6. The summed E-state index contributed by atoms with van der Waals surface area (Å²) in [5.41, 5.74) is 0. The maximum atomic E-state index is 10.1. The van der Waals surface area contributed by atoms with Gasteiger partial charge in [-0.15, -0.1) is 0 Å². The predicted molar refractivity (Wildman–Crippen MR) is 71.6 cm³/mol. The van der Waals surface area contributed by atoms with Gasteiger partial charge in [0.1, 0.15) is 6.29 Å². The van der Waals surface area contributed by atoms with E-state index >= 15 is 0 Å². The van der Waals surface area contributed by atoms with Gasteiger partial charge in [-0.25, -0.2) is 0 Å². The van der Waals surface area contributed by atoms with Crippen LogP contribution in [0.25, 0.3) is 0 Å². The summed E-state index contributed by atoms with van der Waals surface area (Å²) in [4.78, 5) is 10.1. The number of rotatable bonds is 11. The van der Waals surface area contributed by atoms with Gasteiger partial charge in [-0.3, -0.25) is 0 Å². The molecule has 0 saturated carbocycles. The minimum absolute atomic E-state index is 0.699. The molecule has 0 aromatic heterocycles. The molecule has 0 heterocycles. The van der Waals surface area contributed by atoms with Crippen LogP contribution >= 0.6 is 0 Å². The average molecular weight is 222 g/mol. The predicted octanol–water partition coefficient (Wildman–Crippen LogP) is 4.83.